The number of hydrogen-bond donors (Lipinski definition) is 0. The standard InChI is InChI=1S/C26H32N4O3/c1-27(2)18-10-12-20(13-11-18)30-25(31)23(21-8-6-7-9-22(21)33-5)24(26(30)32)29(4)19-14-16-28(3)17-15-19/h6-13,19H,14-17H2,1-5H3. The van der Waals surface area contributed by atoms with Crippen LogP contribution in [-0.4, -0.2) is 76.0 Å². The Morgan fingerprint density at radius 1 is 0.909 bits per heavy atom. The molecule has 2 aliphatic heterocycles. The van der Waals surface area contributed by atoms with Gasteiger partial charge in [0.05, 0.1) is 18.4 Å². The first-order valence-corrected chi connectivity index (χ1v) is 11.3. The van der Waals surface area contributed by atoms with Gasteiger partial charge in [-0.05, 0) is 63.3 Å². The molecule has 2 aromatic rings. The molecule has 2 amide bonds. The zero-order valence-electron chi connectivity index (χ0n) is 20.0. The fourth-order valence-corrected chi connectivity index (χ4v) is 4.64. The maximum atomic E-state index is 13.8. The van der Waals surface area contributed by atoms with Gasteiger partial charge in [0.2, 0.25) is 0 Å². The first-order valence-electron chi connectivity index (χ1n) is 11.3. The Kier molecular flexibility index (Phi) is 6.42. The minimum absolute atomic E-state index is 0.189. The Balaban J connectivity index is 1.79. The average molecular weight is 449 g/mol. The number of rotatable bonds is 6. The van der Waals surface area contributed by atoms with Crippen LogP contribution in [-0.2, 0) is 9.59 Å². The maximum absolute atomic E-state index is 13.8. The summed E-state index contributed by atoms with van der Waals surface area (Å²) in [5, 5.41) is 0. The smallest absolute Gasteiger partial charge is 0.282 e. The molecule has 174 valence electrons. The van der Waals surface area contributed by atoms with Gasteiger partial charge in [0.1, 0.15) is 11.4 Å². The van der Waals surface area contributed by atoms with Crippen LogP contribution in [0.5, 0.6) is 5.75 Å². The molecule has 7 nitrogen and oxygen atoms in total. The molecule has 0 saturated carbocycles. The third-order valence-electron chi connectivity index (χ3n) is 6.65. The van der Waals surface area contributed by atoms with Crippen molar-refractivity contribution in [3.8, 4) is 5.75 Å². The first kappa shape index (κ1) is 22.9. The number of para-hydroxylation sites is 1. The first-order chi connectivity index (χ1) is 15.8. The quantitative estimate of drug-likeness (QED) is 0.633. The number of anilines is 2. The number of piperidine rings is 1. The molecule has 0 bridgehead atoms. The van der Waals surface area contributed by atoms with Crippen LogP contribution < -0.4 is 14.5 Å². The predicted molar refractivity (Wildman–Crippen MR) is 131 cm³/mol. The van der Waals surface area contributed by atoms with Crippen LogP contribution in [0.1, 0.15) is 18.4 Å². The van der Waals surface area contributed by atoms with Crippen molar-refractivity contribution in [1.29, 1.82) is 0 Å². The van der Waals surface area contributed by atoms with Gasteiger partial charge >= 0.3 is 0 Å². The molecular weight excluding hydrogens is 416 g/mol. The number of carbonyl (C=O) groups excluding carboxylic acids is 2. The summed E-state index contributed by atoms with van der Waals surface area (Å²) < 4.78 is 5.57. The summed E-state index contributed by atoms with van der Waals surface area (Å²) in [6, 6.07) is 15.1. The van der Waals surface area contributed by atoms with Gasteiger partial charge in [0.25, 0.3) is 11.8 Å². The molecule has 1 fully saturated rings. The lowest BCUT2D eigenvalue weighted by Gasteiger charge is -2.36. The summed E-state index contributed by atoms with van der Waals surface area (Å²) in [4.78, 5) is 35.2. The highest BCUT2D eigenvalue weighted by Gasteiger charge is 2.44. The van der Waals surface area contributed by atoms with E-state index in [4.69, 9.17) is 4.74 Å². The van der Waals surface area contributed by atoms with Gasteiger partial charge in [0, 0.05) is 38.4 Å². The summed E-state index contributed by atoms with van der Waals surface area (Å²) in [6.07, 6.45) is 1.88. The van der Waals surface area contributed by atoms with Gasteiger partial charge in [-0.1, -0.05) is 18.2 Å². The molecular formula is C26H32N4O3. The molecule has 0 atom stereocenters. The molecule has 0 radical (unpaired) electrons. The second kappa shape index (κ2) is 9.27. The largest absolute Gasteiger partial charge is 0.496 e. The van der Waals surface area contributed by atoms with Crippen molar-refractivity contribution >= 4 is 28.8 Å². The summed E-state index contributed by atoms with van der Waals surface area (Å²) >= 11 is 0. The second-order valence-electron chi connectivity index (χ2n) is 8.93. The lowest BCUT2D eigenvalue weighted by Crippen LogP contribution is -2.43. The van der Waals surface area contributed by atoms with Gasteiger partial charge in [-0.25, -0.2) is 4.90 Å². The van der Waals surface area contributed by atoms with Crippen molar-refractivity contribution in [2.24, 2.45) is 0 Å². The number of amides is 2. The SMILES string of the molecule is COc1ccccc1C1=C(N(C)C2CCN(C)CC2)C(=O)N(c2ccc(N(C)C)cc2)C1=O. The number of likely N-dealkylation sites (N-methyl/N-ethyl adjacent to an activating group) is 1. The number of hydrogen-bond acceptors (Lipinski definition) is 6. The van der Waals surface area contributed by atoms with Gasteiger partial charge in [-0.15, -0.1) is 0 Å². The van der Waals surface area contributed by atoms with E-state index in [0.29, 0.717) is 28.3 Å². The highest BCUT2D eigenvalue weighted by molar-refractivity contribution is 6.45. The molecule has 0 spiro atoms. The second-order valence-corrected chi connectivity index (χ2v) is 8.93. The van der Waals surface area contributed by atoms with Crippen LogP contribution in [0.3, 0.4) is 0 Å². The highest BCUT2D eigenvalue weighted by atomic mass is 16.5. The molecule has 2 aromatic carbocycles. The van der Waals surface area contributed by atoms with E-state index in [0.717, 1.165) is 31.6 Å². The van der Waals surface area contributed by atoms with Crippen molar-refractivity contribution in [2.75, 3.05) is 58.2 Å². The predicted octanol–water partition coefficient (Wildman–Crippen LogP) is 3.07. The average Bonchev–Trinajstić information content (AvgIpc) is 3.08. The van der Waals surface area contributed by atoms with E-state index >= 15 is 0 Å². The van der Waals surface area contributed by atoms with Crippen LogP contribution in [0.2, 0.25) is 0 Å². The zero-order valence-corrected chi connectivity index (χ0v) is 20.0. The van der Waals surface area contributed by atoms with Crippen molar-refractivity contribution < 1.29 is 14.3 Å². The molecule has 0 aliphatic carbocycles. The molecule has 4 rings (SSSR count). The minimum Gasteiger partial charge on any atom is -0.496 e. The number of carbonyl (C=O) groups is 2. The summed E-state index contributed by atoms with van der Waals surface area (Å²) in [5.41, 5.74) is 3.04. The Hall–Kier alpha value is -3.32. The Morgan fingerprint density at radius 3 is 2.15 bits per heavy atom. The minimum atomic E-state index is -0.322. The van der Waals surface area contributed by atoms with Gasteiger partial charge in [-0.2, -0.15) is 0 Å². The topological polar surface area (TPSA) is 56.3 Å². The Bertz CT molecular complexity index is 1070. The van der Waals surface area contributed by atoms with Crippen LogP contribution >= 0.6 is 0 Å². The summed E-state index contributed by atoms with van der Waals surface area (Å²) in [5.74, 6) is -0.0375. The maximum Gasteiger partial charge on any atom is 0.282 e. The zero-order chi connectivity index (χ0) is 23.7. The van der Waals surface area contributed by atoms with Crippen molar-refractivity contribution in [2.45, 2.75) is 18.9 Å². The van der Waals surface area contributed by atoms with E-state index in [1.165, 1.54) is 4.90 Å². The van der Waals surface area contributed by atoms with Crippen LogP contribution in [0, 0.1) is 0 Å². The van der Waals surface area contributed by atoms with Gasteiger partial charge in [0.15, 0.2) is 0 Å². The highest BCUT2D eigenvalue weighted by Crippen LogP contribution is 2.39. The Morgan fingerprint density at radius 2 is 1.55 bits per heavy atom. The number of nitrogens with zero attached hydrogens (tertiary/aromatic N) is 4. The van der Waals surface area contributed by atoms with Crippen molar-refractivity contribution in [3.05, 3.63) is 59.8 Å². The monoisotopic (exact) mass is 448 g/mol. The molecule has 0 N–H and O–H groups in total. The van der Waals surface area contributed by atoms with Gasteiger partial charge < -0.3 is 19.4 Å². The van der Waals surface area contributed by atoms with Crippen molar-refractivity contribution in [3.63, 3.8) is 0 Å². The third kappa shape index (κ3) is 4.20. The number of likely N-dealkylation sites (tertiary alicyclic amines) is 1. The number of methoxy groups -OCH3 is 1. The summed E-state index contributed by atoms with van der Waals surface area (Å²) in [6.45, 7) is 1.92. The molecule has 7 heteroatoms. The molecule has 2 aliphatic rings. The number of ether oxygens (including phenoxy) is 1. The lowest BCUT2D eigenvalue weighted by atomic mass is 9.99. The summed E-state index contributed by atoms with van der Waals surface area (Å²) in [7, 11) is 9.54. The molecule has 0 aromatic heterocycles. The van der Waals surface area contributed by atoms with E-state index in [-0.39, 0.29) is 17.9 Å². The van der Waals surface area contributed by atoms with Crippen molar-refractivity contribution in [1.82, 2.24) is 9.80 Å². The normalized spacial score (nSPS) is 17.7. The van der Waals surface area contributed by atoms with E-state index in [2.05, 4.69) is 11.9 Å². The molecule has 1 saturated heterocycles. The fourth-order valence-electron chi connectivity index (χ4n) is 4.64. The van der Waals surface area contributed by atoms with E-state index in [1.807, 2.05) is 79.5 Å². The van der Waals surface area contributed by atoms with E-state index in [1.54, 1.807) is 7.11 Å². The number of imide groups is 1. The number of benzene rings is 2. The molecule has 0 unspecified atom stereocenters. The van der Waals surface area contributed by atoms with Crippen LogP contribution in [0.25, 0.3) is 5.57 Å². The molecule has 2 heterocycles. The Labute approximate surface area is 195 Å². The third-order valence-corrected chi connectivity index (χ3v) is 6.65. The fraction of sp³-hybridized carbons (Fsp3) is 0.385. The van der Waals surface area contributed by atoms with Gasteiger partial charge in [-0.3, -0.25) is 9.59 Å². The van der Waals surface area contributed by atoms with Crippen LogP contribution in [0.4, 0.5) is 11.4 Å². The lowest BCUT2D eigenvalue weighted by molar-refractivity contribution is -0.120. The van der Waals surface area contributed by atoms with Crippen LogP contribution in [0.15, 0.2) is 54.2 Å². The molecule has 33 heavy (non-hydrogen) atoms. The van der Waals surface area contributed by atoms with E-state index < -0.39 is 0 Å². The van der Waals surface area contributed by atoms with E-state index in [9.17, 15) is 9.59 Å².